The number of H-pyrrole nitrogens is 1. The lowest BCUT2D eigenvalue weighted by atomic mass is 10.0. The molecular formula is C26H20ClN5O. The number of pyridine rings is 1. The van der Waals surface area contributed by atoms with Crippen LogP contribution in [0.2, 0.25) is 5.02 Å². The number of hydrogen-bond acceptors (Lipinski definition) is 3. The van der Waals surface area contributed by atoms with Crippen molar-refractivity contribution in [3.05, 3.63) is 101 Å². The predicted molar refractivity (Wildman–Crippen MR) is 128 cm³/mol. The first-order chi connectivity index (χ1) is 16.2. The lowest BCUT2D eigenvalue weighted by Crippen LogP contribution is -2.36. The second-order valence-corrected chi connectivity index (χ2v) is 8.63. The van der Waals surface area contributed by atoms with E-state index in [1.807, 2.05) is 88.4 Å². The van der Waals surface area contributed by atoms with Crippen molar-refractivity contribution in [1.82, 2.24) is 24.5 Å². The summed E-state index contributed by atoms with van der Waals surface area (Å²) >= 11 is 6.18. The minimum Gasteiger partial charge on any atom is -0.334 e. The number of fused-ring (bicyclic) bond motifs is 2. The number of amides is 1. The number of halogens is 1. The molecule has 1 N–H and O–H groups in total. The molecule has 0 fully saturated rings. The number of nitrogens with zero attached hydrogens (tertiary/aromatic N) is 4. The van der Waals surface area contributed by atoms with Gasteiger partial charge in [0, 0.05) is 64.9 Å². The zero-order chi connectivity index (χ0) is 22.4. The van der Waals surface area contributed by atoms with Crippen LogP contribution in [0.1, 0.15) is 21.6 Å². The van der Waals surface area contributed by atoms with Gasteiger partial charge in [-0.3, -0.25) is 9.89 Å². The first kappa shape index (κ1) is 19.8. The van der Waals surface area contributed by atoms with Crippen molar-refractivity contribution >= 4 is 23.2 Å². The van der Waals surface area contributed by atoms with Gasteiger partial charge in [-0.25, -0.2) is 4.98 Å². The van der Waals surface area contributed by atoms with E-state index in [2.05, 4.69) is 10.2 Å². The van der Waals surface area contributed by atoms with Crippen LogP contribution in [0.4, 0.5) is 0 Å². The fourth-order valence-corrected chi connectivity index (χ4v) is 4.58. The molecule has 0 bridgehead atoms. The molecule has 0 aliphatic carbocycles. The Hall–Kier alpha value is -3.90. The smallest absolute Gasteiger partial charge is 0.254 e. The maximum atomic E-state index is 13.4. The summed E-state index contributed by atoms with van der Waals surface area (Å²) in [6.07, 6.45) is 4.61. The van der Waals surface area contributed by atoms with Gasteiger partial charge >= 0.3 is 0 Å². The van der Waals surface area contributed by atoms with E-state index in [4.69, 9.17) is 16.6 Å². The minimum absolute atomic E-state index is 0.00865. The fourth-order valence-electron chi connectivity index (χ4n) is 4.39. The van der Waals surface area contributed by atoms with Crippen LogP contribution in [0.3, 0.4) is 0 Å². The second kappa shape index (κ2) is 7.90. The van der Waals surface area contributed by atoms with E-state index >= 15 is 0 Å². The number of carbonyl (C=O) groups excluding carboxylic acids is 1. The molecular weight excluding hydrogens is 434 g/mol. The Kier molecular flexibility index (Phi) is 4.73. The standard InChI is InChI=1S/C26H20ClN5O/c27-20-8-4-7-18(13-20)25-21-15-32(12-10-22(21)29-30-25)26(33)19-9-11-31-16-23(28-24(31)14-19)17-5-2-1-3-6-17/h1-9,11,13-14,16H,10,12,15H2,(H,29,30). The third kappa shape index (κ3) is 3.58. The molecule has 6 rings (SSSR count). The third-order valence-electron chi connectivity index (χ3n) is 6.10. The average molecular weight is 454 g/mol. The van der Waals surface area contributed by atoms with E-state index in [0.29, 0.717) is 23.7 Å². The van der Waals surface area contributed by atoms with Crippen LogP contribution < -0.4 is 0 Å². The van der Waals surface area contributed by atoms with Gasteiger partial charge in [-0.05, 0) is 24.3 Å². The van der Waals surface area contributed by atoms with Crippen molar-refractivity contribution < 1.29 is 4.79 Å². The molecule has 3 aromatic heterocycles. The first-order valence-corrected chi connectivity index (χ1v) is 11.2. The zero-order valence-corrected chi connectivity index (χ0v) is 18.5. The van der Waals surface area contributed by atoms with E-state index in [1.165, 1.54) is 0 Å². The molecule has 33 heavy (non-hydrogen) atoms. The highest BCUT2D eigenvalue weighted by atomic mass is 35.5. The average Bonchev–Trinajstić information content (AvgIpc) is 3.47. The predicted octanol–water partition coefficient (Wildman–Crippen LogP) is 5.24. The summed E-state index contributed by atoms with van der Waals surface area (Å²) in [4.78, 5) is 20.0. The van der Waals surface area contributed by atoms with Crippen LogP contribution in [0.15, 0.2) is 79.1 Å². The number of hydrogen-bond donors (Lipinski definition) is 1. The van der Waals surface area contributed by atoms with Crippen molar-refractivity contribution in [3.8, 4) is 22.5 Å². The monoisotopic (exact) mass is 453 g/mol. The molecule has 0 unspecified atom stereocenters. The minimum atomic E-state index is -0.00865. The summed E-state index contributed by atoms with van der Waals surface area (Å²) in [5.41, 5.74) is 7.22. The maximum Gasteiger partial charge on any atom is 0.254 e. The summed E-state index contributed by atoms with van der Waals surface area (Å²) in [5.74, 6) is -0.00865. The summed E-state index contributed by atoms with van der Waals surface area (Å²) in [6.45, 7) is 1.14. The zero-order valence-electron chi connectivity index (χ0n) is 17.7. The highest BCUT2D eigenvalue weighted by Crippen LogP contribution is 2.30. The first-order valence-electron chi connectivity index (χ1n) is 10.8. The maximum absolute atomic E-state index is 13.4. The Bertz CT molecular complexity index is 1490. The molecule has 1 aliphatic rings. The molecule has 0 saturated heterocycles. The fraction of sp³-hybridized carbons (Fsp3) is 0.115. The van der Waals surface area contributed by atoms with Gasteiger partial charge in [0.05, 0.1) is 11.4 Å². The summed E-state index contributed by atoms with van der Waals surface area (Å²) in [7, 11) is 0. The van der Waals surface area contributed by atoms with Gasteiger partial charge in [-0.1, -0.05) is 54.1 Å². The number of imidazole rings is 1. The van der Waals surface area contributed by atoms with Crippen molar-refractivity contribution in [2.24, 2.45) is 0 Å². The Labute approximate surface area is 195 Å². The van der Waals surface area contributed by atoms with E-state index in [1.54, 1.807) is 0 Å². The van der Waals surface area contributed by atoms with Crippen LogP contribution in [0.5, 0.6) is 0 Å². The SMILES string of the molecule is O=C(c1ccn2cc(-c3ccccc3)nc2c1)N1CCc2[nH]nc(-c3cccc(Cl)c3)c2C1. The lowest BCUT2D eigenvalue weighted by molar-refractivity contribution is 0.0734. The molecule has 7 heteroatoms. The van der Waals surface area contributed by atoms with E-state index in [0.717, 1.165) is 45.8 Å². The molecule has 162 valence electrons. The third-order valence-corrected chi connectivity index (χ3v) is 6.33. The quantitative estimate of drug-likeness (QED) is 0.406. The Morgan fingerprint density at radius 2 is 1.85 bits per heavy atom. The van der Waals surface area contributed by atoms with Gasteiger partial charge < -0.3 is 9.30 Å². The molecule has 1 aliphatic heterocycles. The number of aromatic amines is 1. The Morgan fingerprint density at radius 1 is 1.00 bits per heavy atom. The highest BCUT2D eigenvalue weighted by molar-refractivity contribution is 6.30. The van der Waals surface area contributed by atoms with Gasteiger partial charge in [0.25, 0.3) is 5.91 Å². The number of aromatic nitrogens is 4. The number of benzene rings is 2. The van der Waals surface area contributed by atoms with E-state index in [-0.39, 0.29) is 5.91 Å². The number of nitrogens with one attached hydrogen (secondary N) is 1. The normalized spacial score (nSPS) is 13.3. The number of rotatable bonds is 3. The molecule has 6 nitrogen and oxygen atoms in total. The molecule has 1 amide bonds. The number of carbonyl (C=O) groups is 1. The largest absolute Gasteiger partial charge is 0.334 e. The Morgan fingerprint density at radius 3 is 2.70 bits per heavy atom. The summed E-state index contributed by atoms with van der Waals surface area (Å²) in [6, 6.07) is 21.4. The van der Waals surface area contributed by atoms with Crippen LogP contribution in [0.25, 0.3) is 28.2 Å². The molecule has 4 heterocycles. The Balaban J connectivity index is 1.29. The van der Waals surface area contributed by atoms with Gasteiger partial charge in [0.1, 0.15) is 5.65 Å². The van der Waals surface area contributed by atoms with Crippen molar-refractivity contribution in [2.75, 3.05) is 6.54 Å². The van der Waals surface area contributed by atoms with Gasteiger partial charge in [0.2, 0.25) is 0 Å². The van der Waals surface area contributed by atoms with Crippen LogP contribution >= 0.6 is 11.6 Å². The molecule has 5 aromatic rings. The van der Waals surface area contributed by atoms with E-state index < -0.39 is 0 Å². The van der Waals surface area contributed by atoms with Crippen molar-refractivity contribution in [3.63, 3.8) is 0 Å². The highest BCUT2D eigenvalue weighted by Gasteiger charge is 2.26. The van der Waals surface area contributed by atoms with Crippen molar-refractivity contribution in [2.45, 2.75) is 13.0 Å². The molecule has 0 spiro atoms. The van der Waals surface area contributed by atoms with Gasteiger partial charge in [0.15, 0.2) is 0 Å². The summed E-state index contributed by atoms with van der Waals surface area (Å²) < 4.78 is 1.95. The lowest BCUT2D eigenvalue weighted by Gasteiger charge is -2.27. The van der Waals surface area contributed by atoms with Gasteiger partial charge in [-0.2, -0.15) is 5.10 Å². The van der Waals surface area contributed by atoms with E-state index in [9.17, 15) is 4.79 Å². The van der Waals surface area contributed by atoms with Crippen LogP contribution in [-0.2, 0) is 13.0 Å². The summed E-state index contributed by atoms with van der Waals surface area (Å²) in [5, 5.41) is 8.32. The molecule has 0 radical (unpaired) electrons. The van der Waals surface area contributed by atoms with Crippen molar-refractivity contribution in [1.29, 1.82) is 0 Å². The molecule has 2 aromatic carbocycles. The topological polar surface area (TPSA) is 66.3 Å². The van der Waals surface area contributed by atoms with Gasteiger partial charge in [-0.15, -0.1) is 0 Å². The van der Waals surface area contributed by atoms with Crippen LogP contribution in [-0.4, -0.2) is 36.9 Å². The second-order valence-electron chi connectivity index (χ2n) is 8.19. The van der Waals surface area contributed by atoms with Crippen LogP contribution in [0, 0.1) is 0 Å². The molecule has 0 atom stereocenters. The molecule has 0 saturated carbocycles.